The summed E-state index contributed by atoms with van der Waals surface area (Å²) < 4.78 is 0. The summed E-state index contributed by atoms with van der Waals surface area (Å²) in [5.41, 5.74) is 0. The minimum Gasteiger partial charge on any atom is -0.303 e. The topological polar surface area (TPSA) is 3.24 Å². The summed E-state index contributed by atoms with van der Waals surface area (Å²) in [6.45, 7) is 15.8. The van der Waals surface area contributed by atoms with Gasteiger partial charge in [0.05, 0.1) is 0 Å². The molecular weight excluding hydrogens is 374 g/mol. The van der Waals surface area contributed by atoms with Crippen LogP contribution < -0.4 is 0 Å². The van der Waals surface area contributed by atoms with Crippen molar-refractivity contribution in [2.45, 2.75) is 163 Å². The van der Waals surface area contributed by atoms with Crippen LogP contribution in [0.1, 0.15) is 163 Å². The molecule has 1 nitrogen and oxygen atoms in total. The normalized spacial score (nSPS) is 12.0. The van der Waals surface area contributed by atoms with Crippen molar-refractivity contribution in [2.24, 2.45) is 11.8 Å². The van der Waals surface area contributed by atoms with E-state index in [9.17, 15) is 0 Å². The molecule has 0 N–H and O–H groups in total. The van der Waals surface area contributed by atoms with Crippen molar-refractivity contribution in [1.29, 1.82) is 0 Å². The quantitative estimate of drug-likeness (QED) is 0.128. The van der Waals surface area contributed by atoms with E-state index in [0.717, 1.165) is 11.8 Å². The van der Waals surface area contributed by atoms with Gasteiger partial charge in [-0.2, -0.15) is 0 Å². The molecule has 0 aromatic carbocycles. The molecule has 0 bridgehead atoms. The summed E-state index contributed by atoms with van der Waals surface area (Å²) >= 11 is 0. The van der Waals surface area contributed by atoms with Gasteiger partial charge in [0.2, 0.25) is 0 Å². The molecule has 31 heavy (non-hydrogen) atoms. The summed E-state index contributed by atoms with van der Waals surface area (Å²) in [4.78, 5) is 2.81. The van der Waals surface area contributed by atoms with Gasteiger partial charge >= 0.3 is 0 Å². The maximum Gasteiger partial charge on any atom is -0.00187 e. The number of hydrogen-bond acceptors (Lipinski definition) is 1. The minimum absolute atomic E-state index is 0.873. The summed E-state index contributed by atoms with van der Waals surface area (Å²) in [7, 11) is 0. The molecular formula is C30H63N. The highest BCUT2D eigenvalue weighted by Crippen LogP contribution is 2.14. The zero-order chi connectivity index (χ0) is 23.0. The van der Waals surface area contributed by atoms with Crippen LogP contribution in [-0.4, -0.2) is 24.5 Å². The Morgan fingerprint density at radius 2 is 0.677 bits per heavy atom. The molecule has 0 saturated heterocycles. The number of unbranched alkanes of at least 4 members (excludes halogenated alkanes) is 15. The van der Waals surface area contributed by atoms with Crippen molar-refractivity contribution in [3.8, 4) is 0 Å². The third-order valence-corrected chi connectivity index (χ3v) is 6.84. The largest absolute Gasteiger partial charge is 0.303 e. The van der Waals surface area contributed by atoms with Gasteiger partial charge in [-0.05, 0) is 50.7 Å². The molecule has 0 aliphatic rings. The lowest BCUT2D eigenvalue weighted by molar-refractivity contribution is 0.253. The van der Waals surface area contributed by atoms with E-state index in [2.05, 4.69) is 39.5 Å². The Morgan fingerprint density at radius 1 is 0.387 bits per heavy atom. The van der Waals surface area contributed by atoms with Crippen LogP contribution in [0, 0.1) is 11.8 Å². The second-order valence-electron chi connectivity index (χ2n) is 11.2. The summed E-state index contributed by atoms with van der Waals surface area (Å²) in [6.07, 6.45) is 28.8. The van der Waals surface area contributed by atoms with Gasteiger partial charge in [-0.3, -0.25) is 0 Å². The Morgan fingerprint density at radius 3 is 1.00 bits per heavy atom. The smallest absolute Gasteiger partial charge is 0.00187 e. The highest BCUT2D eigenvalue weighted by Gasteiger charge is 2.05. The first-order valence-corrected chi connectivity index (χ1v) is 14.8. The van der Waals surface area contributed by atoms with Gasteiger partial charge in [0.25, 0.3) is 0 Å². The van der Waals surface area contributed by atoms with E-state index in [1.807, 2.05) is 0 Å². The molecule has 1 heteroatoms. The van der Waals surface area contributed by atoms with Crippen LogP contribution >= 0.6 is 0 Å². The van der Waals surface area contributed by atoms with Crippen molar-refractivity contribution >= 4 is 0 Å². The summed E-state index contributed by atoms with van der Waals surface area (Å²) in [5, 5.41) is 0. The number of hydrogen-bond donors (Lipinski definition) is 0. The fourth-order valence-electron chi connectivity index (χ4n) is 4.64. The molecule has 0 amide bonds. The van der Waals surface area contributed by atoms with Crippen molar-refractivity contribution < 1.29 is 0 Å². The fraction of sp³-hybridized carbons (Fsp3) is 1.00. The predicted molar refractivity (Wildman–Crippen MR) is 144 cm³/mol. The zero-order valence-corrected chi connectivity index (χ0v) is 22.9. The van der Waals surface area contributed by atoms with Gasteiger partial charge in [-0.15, -0.1) is 0 Å². The summed E-state index contributed by atoms with van der Waals surface area (Å²) in [6, 6.07) is 0. The van der Waals surface area contributed by atoms with Crippen molar-refractivity contribution in [3.63, 3.8) is 0 Å². The van der Waals surface area contributed by atoms with Crippen LogP contribution in [0.4, 0.5) is 0 Å². The second kappa shape index (κ2) is 24.6. The van der Waals surface area contributed by atoms with Crippen LogP contribution in [0.15, 0.2) is 0 Å². The molecule has 0 unspecified atom stereocenters. The van der Waals surface area contributed by atoms with Crippen molar-refractivity contribution in [3.05, 3.63) is 0 Å². The van der Waals surface area contributed by atoms with Gasteiger partial charge in [-0.1, -0.05) is 144 Å². The Bertz CT molecular complexity index is 304. The lowest BCUT2D eigenvalue weighted by atomic mass is 10.0. The maximum atomic E-state index is 2.81. The molecule has 0 radical (unpaired) electrons. The third-order valence-electron chi connectivity index (χ3n) is 6.84. The van der Waals surface area contributed by atoms with Crippen LogP contribution in [0.3, 0.4) is 0 Å². The molecule has 0 heterocycles. The average molecular weight is 438 g/mol. The molecule has 0 saturated carbocycles. The number of nitrogens with zero attached hydrogens (tertiary/aromatic N) is 1. The van der Waals surface area contributed by atoms with Crippen LogP contribution in [0.2, 0.25) is 0 Å². The van der Waals surface area contributed by atoms with Crippen molar-refractivity contribution in [2.75, 3.05) is 19.6 Å². The highest BCUT2D eigenvalue weighted by atomic mass is 15.1. The van der Waals surface area contributed by atoms with Gasteiger partial charge < -0.3 is 4.90 Å². The second-order valence-corrected chi connectivity index (χ2v) is 11.2. The third kappa shape index (κ3) is 26.1. The molecule has 0 rings (SSSR count). The van der Waals surface area contributed by atoms with Gasteiger partial charge in [-0.25, -0.2) is 0 Å². The SMILES string of the molecule is CCCCCCCCCCCCCCN(CCCCCC(C)C)CCCCCC(C)C. The molecule has 0 spiro atoms. The standard InChI is InChI=1S/C30H63N/c1-6-7-8-9-10-11-12-13-14-15-16-21-26-31(27-22-17-19-24-29(2)3)28-23-18-20-25-30(4)5/h29-30H,6-28H2,1-5H3. The molecule has 188 valence electrons. The first kappa shape index (κ1) is 31.0. The molecule has 0 aromatic rings. The van der Waals surface area contributed by atoms with Gasteiger partial charge in [0.15, 0.2) is 0 Å². The van der Waals surface area contributed by atoms with E-state index in [0.29, 0.717) is 0 Å². The van der Waals surface area contributed by atoms with E-state index < -0.39 is 0 Å². The van der Waals surface area contributed by atoms with Crippen molar-refractivity contribution in [1.82, 2.24) is 4.90 Å². The predicted octanol–water partition coefficient (Wildman–Crippen LogP) is 10.4. The van der Waals surface area contributed by atoms with Crippen LogP contribution in [0.25, 0.3) is 0 Å². The van der Waals surface area contributed by atoms with E-state index in [-0.39, 0.29) is 0 Å². The fourth-order valence-corrected chi connectivity index (χ4v) is 4.64. The number of rotatable bonds is 25. The lowest BCUT2D eigenvalue weighted by Gasteiger charge is -2.22. The van der Waals surface area contributed by atoms with Crippen LogP contribution in [-0.2, 0) is 0 Å². The Hall–Kier alpha value is -0.0400. The lowest BCUT2D eigenvalue weighted by Crippen LogP contribution is -2.27. The summed E-state index contributed by atoms with van der Waals surface area (Å²) in [5.74, 6) is 1.75. The monoisotopic (exact) mass is 437 g/mol. The molecule has 0 aliphatic heterocycles. The first-order chi connectivity index (χ1) is 15.1. The van der Waals surface area contributed by atoms with E-state index >= 15 is 0 Å². The molecule has 0 fully saturated rings. The maximum absolute atomic E-state index is 2.81. The Labute approximate surface area is 199 Å². The van der Waals surface area contributed by atoms with E-state index in [4.69, 9.17) is 0 Å². The van der Waals surface area contributed by atoms with Crippen LogP contribution in [0.5, 0.6) is 0 Å². The molecule has 0 aliphatic carbocycles. The molecule has 0 atom stereocenters. The minimum atomic E-state index is 0.873. The Kier molecular flexibility index (Phi) is 24.6. The first-order valence-electron chi connectivity index (χ1n) is 14.8. The van der Waals surface area contributed by atoms with Gasteiger partial charge in [0.1, 0.15) is 0 Å². The average Bonchev–Trinajstić information content (AvgIpc) is 2.73. The zero-order valence-electron chi connectivity index (χ0n) is 22.9. The molecule has 0 aromatic heterocycles. The van der Waals surface area contributed by atoms with Gasteiger partial charge in [0, 0.05) is 0 Å². The Balaban J connectivity index is 3.75. The highest BCUT2D eigenvalue weighted by molar-refractivity contribution is 4.61. The van der Waals surface area contributed by atoms with E-state index in [1.54, 1.807) is 0 Å². The van der Waals surface area contributed by atoms with E-state index in [1.165, 1.54) is 148 Å².